The molecule has 0 saturated heterocycles. The van der Waals surface area contributed by atoms with Crippen LogP contribution in [0.25, 0.3) is 0 Å². The van der Waals surface area contributed by atoms with Crippen LogP contribution in [0.1, 0.15) is 19.4 Å². The fourth-order valence-corrected chi connectivity index (χ4v) is 2.99. The molecule has 0 spiro atoms. The third-order valence-electron chi connectivity index (χ3n) is 4.36. The van der Waals surface area contributed by atoms with Gasteiger partial charge < -0.3 is 15.5 Å². The van der Waals surface area contributed by atoms with E-state index in [0.29, 0.717) is 16.8 Å². The average molecular weight is 382 g/mol. The monoisotopic (exact) mass is 381 g/mol. The smallest absolute Gasteiger partial charge is 0.229 e. The van der Waals surface area contributed by atoms with E-state index in [9.17, 15) is 0 Å². The van der Waals surface area contributed by atoms with E-state index in [4.69, 9.17) is 11.6 Å². The number of rotatable bonds is 7. The zero-order valence-electron chi connectivity index (χ0n) is 15.8. The number of halogens is 1. The maximum absolute atomic E-state index is 5.93. The molecule has 140 valence electrons. The van der Waals surface area contributed by atoms with Crippen LogP contribution >= 0.6 is 11.6 Å². The van der Waals surface area contributed by atoms with Gasteiger partial charge >= 0.3 is 0 Å². The molecule has 0 aliphatic rings. The molecule has 3 rings (SSSR count). The van der Waals surface area contributed by atoms with Crippen molar-refractivity contribution in [2.45, 2.75) is 20.8 Å². The summed E-state index contributed by atoms with van der Waals surface area (Å²) in [5.74, 6) is 1.26. The summed E-state index contributed by atoms with van der Waals surface area (Å²) in [6.45, 7) is 8.40. The maximum atomic E-state index is 5.93. The lowest BCUT2D eigenvalue weighted by atomic mass is 10.1. The van der Waals surface area contributed by atoms with Crippen molar-refractivity contribution in [1.82, 2.24) is 9.97 Å². The van der Waals surface area contributed by atoms with Gasteiger partial charge in [-0.2, -0.15) is 4.98 Å². The quantitative estimate of drug-likeness (QED) is 0.544. The molecule has 0 aliphatic heterocycles. The second-order valence-corrected chi connectivity index (χ2v) is 6.63. The van der Waals surface area contributed by atoms with Gasteiger partial charge in [-0.05, 0) is 74.9 Å². The molecule has 0 radical (unpaired) electrons. The minimum absolute atomic E-state index is 0.549. The lowest BCUT2D eigenvalue weighted by Crippen LogP contribution is -2.21. The van der Waals surface area contributed by atoms with Crippen LogP contribution in [-0.4, -0.2) is 23.1 Å². The Labute approximate surface area is 165 Å². The standard InChI is InChI=1S/C21H24ClN5/c1-4-27(5-2)18-10-11-19(15(3)14-18)25-21-23-13-12-20(26-21)24-17-8-6-16(22)7-9-17/h6-14H,4-5H2,1-3H3,(H2,23,24,25,26). The number of nitrogens with zero attached hydrogens (tertiary/aromatic N) is 3. The molecule has 1 aromatic heterocycles. The second-order valence-electron chi connectivity index (χ2n) is 6.19. The number of hydrogen-bond donors (Lipinski definition) is 2. The van der Waals surface area contributed by atoms with Gasteiger partial charge in [0.25, 0.3) is 0 Å². The average Bonchev–Trinajstić information content (AvgIpc) is 2.67. The van der Waals surface area contributed by atoms with Crippen molar-refractivity contribution < 1.29 is 0 Å². The summed E-state index contributed by atoms with van der Waals surface area (Å²) in [6, 6.07) is 15.7. The highest BCUT2D eigenvalue weighted by Crippen LogP contribution is 2.25. The van der Waals surface area contributed by atoms with Gasteiger partial charge in [-0.25, -0.2) is 4.98 Å². The van der Waals surface area contributed by atoms with Gasteiger partial charge in [0.15, 0.2) is 0 Å². The van der Waals surface area contributed by atoms with E-state index >= 15 is 0 Å². The molecule has 3 aromatic rings. The Kier molecular flexibility index (Phi) is 6.14. The number of anilines is 5. The summed E-state index contributed by atoms with van der Waals surface area (Å²) in [7, 11) is 0. The Bertz CT molecular complexity index is 891. The predicted octanol–water partition coefficient (Wildman–Crippen LogP) is 5.77. The Balaban J connectivity index is 1.75. The van der Waals surface area contributed by atoms with E-state index < -0.39 is 0 Å². The van der Waals surface area contributed by atoms with E-state index in [-0.39, 0.29) is 0 Å². The zero-order chi connectivity index (χ0) is 19.2. The van der Waals surface area contributed by atoms with Crippen LogP contribution in [0.3, 0.4) is 0 Å². The van der Waals surface area contributed by atoms with Gasteiger partial charge in [0, 0.05) is 41.4 Å². The topological polar surface area (TPSA) is 53.1 Å². The zero-order valence-corrected chi connectivity index (χ0v) is 16.6. The van der Waals surface area contributed by atoms with Crippen LogP contribution < -0.4 is 15.5 Å². The molecule has 0 amide bonds. The summed E-state index contributed by atoms with van der Waals surface area (Å²) in [6.07, 6.45) is 1.73. The highest BCUT2D eigenvalue weighted by Gasteiger charge is 2.07. The highest BCUT2D eigenvalue weighted by atomic mass is 35.5. The molecule has 1 heterocycles. The van der Waals surface area contributed by atoms with Gasteiger partial charge in [-0.15, -0.1) is 0 Å². The Hall–Kier alpha value is -2.79. The first-order valence-corrected chi connectivity index (χ1v) is 9.45. The predicted molar refractivity (Wildman–Crippen MR) is 115 cm³/mol. The first-order valence-electron chi connectivity index (χ1n) is 9.07. The largest absolute Gasteiger partial charge is 0.372 e. The number of aryl methyl sites for hydroxylation is 1. The summed E-state index contributed by atoms with van der Waals surface area (Å²) in [5, 5.41) is 7.27. The van der Waals surface area contributed by atoms with E-state index in [1.54, 1.807) is 6.20 Å². The number of aromatic nitrogens is 2. The van der Waals surface area contributed by atoms with Gasteiger partial charge in [-0.3, -0.25) is 0 Å². The fraction of sp³-hybridized carbons (Fsp3) is 0.238. The Morgan fingerprint density at radius 1 is 0.963 bits per heavy atom. The van der Waals surface area contributed by atoms with Crippen LogP contribution in [0.15, 0.2) is 54.7 Å². The van der Waals surface area contributed by atoms with E-state index in [1.165, 1.54) is 5.69 Å². The van der Waals surface area contributed by atoms with Gasteiger partial charge in [0.2, 0.25) is 5.95 Å². The molecule has 0 unspecified atom stereocenters. The Morgan fingerprint density at radius 2 is 1.70 bits per heavy atom. The number of benzene rings is 2. The van der Waals surface area contributed by atoms with Crippen molar-refractivity contribution in [3.63, 3.8) is 0 Å². The van der Waals surface area contributed by atoms with Gasteiger partial charge in [-0.1, -0.05) is 11.6 Å². The number of hydrogen-bond acceptors (Lipinski definition) is 5. The minimum atomic E-state index is 0.549. The van der Waals surface area contributed by atoms with Crippen molar-refractivity contribution in [1.29, 1.82) is 0 Å². The van der Waals surface area contributed by atoms with E-state index in [2.05, 4.69) is 64.5 Å². The van der Waals surface area contributed by atoms with Gasteiger partial charge in [0.1, 0.15) is 5.82 Å². The van der Waals surface area contributed by atoms with E-state index in [0.717, 1.165) is 30.0 Å². The fourth-order valence-electron chi connectivity index (χ4n) is 2.86. The third kappa shape index (κ3) is 4.89. The molecule has 6 heteroatoms. The SMILES string of the molecule is CCN(CC)c1ccc(Nc2nccc(Nc3ccc(Cl)cc3)n2)c(C)c1. The molecule has 0 atom stereocenters. The second kappa shape index (κ2) is 8.73. The van der Waals surface area contributed by atoms with Crippen LogP contribution in [0.5, 0.6) is 0 Å². The molecule has 5 nitrogen and oxygen atoms in total. The molecule has 27 heavy (non-hydrogen) atoms. The van der Waals surface area contributed by atoms with Crippen LogP contribution in [-0.2, 0) is 0 Å². The normalized spacial score (nSPS) is 10.5. The van der Waals surface area contributed by atoms with Crippen molar-refractivity contribution >= 4 is 40.4 Å². The summed E-state index contributed by atoms with van der Waals surface area (Å²) < 4.78 is 0. The number of nitrogens with one attached hydrogen (secondary N) is 2. The summed E-state index contributed by atoms with van der Waals surface area (Å²) in [4.78, 5) is 11.2. The van der Waals surface area contributed by atoms with Crippen LogP contribution in [0.4, 0.5) is 28.8 Å². The molecule has 0 bridgehead atoms. The van der Waals surface area contributed by atoms with Crippen LogP contribution in [0.2, 0.25) is 5.02 Å². The van der Waals surface area contributed by atoms with Crippen molar-refractivity contribution in [3.05, 3.63) is 65.3 Å². The third-order valence-corrected chi connectivity index (χ3v) is 4.61. The summed E-state index contributed by atoms with van der Waals surface area (Å²) >= 11 is 5.93. The minimum Gasteiger partial charge on any atom is -0.372 e. The van der Waals surface area contributed by atoms with Crippen molar-refractivity contribution in [2.75, 3.05) is 28.6 Å². The first-order chi connectivity index (χ1) is 13.1. The van der Waals surface area contributed by atoms with Crippen molar-refractivity contribution in [3.8, 4) is 0 Å². The van der Waals surface area contributed by atoms with Gasteiger partial charge in [0.05, 0.1) is 0 Å². The molecule has 0 fully saturated rings. The molecular formula is C21H24ClN5. The molecule has 2 aromatic carbocycles. The molecule has 0 aliphatic carbocycles. The summed E-state index contributed by atoms with van der Waals surface area (Å²) in [5.41, 5.74) is 4.29. The lowest BCUT2D eigenvalue weighted by molar-refractivity contribution is 0.866. The molecule has 2 N–H and O–H groups in total. The van der Waals surface area contributed by atoms with Crippen LogP contribution in [0, 0.1) is 6.92 Å². The molecular weight excluding hydrogens is 358 g/mol. The van der Waals surface area contributed by atoms with E-state index in [1.807, 2.05) is 30.3 Å². The van der Waals surface area contributed by atoms with Crippen molar-refractivity contribution in [2.24, 2.45) is 0 Å². The Morgan fingerprint density at radius 3 is 2.37 bits per heavy atom. The maximum Gasteiger partial charge on any atom is 0.229 e. The highest BCUT2D eigenvalue weighted by molar-refractivity contribution is 6.30. The first kappa shape index (κ1) is 19.0. The molecule has 0 saturated carbocycles. The lowest BCUT2D eigenvalue weighted by Gasteiger charge is -2.22.